The number of non-ortho nitro benzene ring substituents is 1. The number of amides is 1. The number of benzene rings is 1. The second kappa shape index (κ2) is 5.15. The molecule has 0 saturated carbocycles. The number of hydrogen-bond donors (Lipinski definition) is 1. The number of rotatable bonds is 3. The molecule has 0 radical (unpaired) electrons. The van der Waals surface area contributed by atoms with Gasteiger partial charge >= 0.3 is 0 Å². The summed E-state index contributed by atoms with van der Waals surface area (Å²) in [6, 6.07) is 6.31. The molecule has 1 saturated heterocycles. The van der Waals surface area contributed by atoms with Crippen molar-refractivity contribution in [3.05, 3.63) is 34.4 Å². The van der Waals surface area contributed by atoms with E-state index in [1.807, 2.05) is 4.31 Å². The Hall–Kier alpha value is -1.60. The molecule has 1 aromatic rings. The Morgan fingerprint density at radius 2 is 2.06 bits per heavy atom. The van der Waals surface area contributed by atoms with Crippen molar-refractivity contribution in [2.75, 3.05) is 19.6 Å². The largest absolute Gasteiger partial charge is 0.354 e. The quantitative estimate of drug-likeness (QED) is 0.495. The summed E-state index contributed by atoms with van der Waals surface area (Å²) in [5.41, 5.74) is 0.0748. The van der Waals surface area contributed by atoms with Gasteiger partial charge in [-0.1, -0.05) is 0 Å². The summed E-state index contributed by atoms with van der Waals surface area (Å²) in [5, 5.41) is 13.2. The normalized spacial score (nSPS) is 16.6. The van der Waals surface area contributed by atoms with Gasteiger partial charge in [-0.15, -0.1) is 0 Å². The van der Waals surface area contributed by atoms with Crippen LogP contribution < -0.4 is 5.32 Å². The van der Waals surface area contributed by atoms with E-state index in [2.05, 4.69) is 5.32 Å². The zero-order valence-electron chi connectivity index (χ0n) is 8.96. The number of nitro benzene ring substituents is 1. The van der Waals surface area contributed by atoms with Crippen LogP contribution in [0.3, 0.4) is 0 Å². The third kappa shape index (κ3) is 3.18. The molecule has 1 N–H and O–H groups in total. The fourth-order valence-corrected chi connectivity index (χ4v) is 2.39. The highest BCUT2D eigenvalue weighted by atomic mass is 32.2. The third-order valence-corrected chi connectivity index (χ3v) is 3.34. The van der Waals surface area contributed by atoms with Gasteiger partial charge in [0.15, 0.2) is 0 Å². The average molecular weight is 253 g/mol. The second-order valence-corrected chi connectivity index (χ2v) is 4.73. The maximum atomic E-state index is 11.2. The van der Waals surface area contributed by atoms with E-state index in [1.54, 1.807) is 12.1 Å². The zero-order chi connectivity index (χ0) is 12.3. The first-order chi connectivity index (χ1) is 8.15. The van der Waals surface area contributed by atoms with Gasteiger partial charge in [-0.25, -0.2) is 4.31 Å². The van der Waals surface area contributed by atoms with E-state index in [0.29, 0.717) is 13.1 Å². The highest BCUT2D eigenvalue weighted by Gasteiger charge is 2.17. The van der Waals surface area contributed by atoms with Gasteiger partial charge in [0.25, 0.3) is 5.69 Å². The van der Waals surface area contributed by atoms with Crippen LogP contribution >= 0.6 is 11.9 Å². The molecule has 1 amide bonds. The molecule has 6 nitrogen and oxygen atoms in total. The van der Waals surface area contributed by atoms with E-state index in [4.69, 9.17) is 0 Å². The Bertz CT molecular complexity index is 435. The Morgan fingerprint density at radius 3 is 2.65 bits per heavy atom. The topological polar surface area (TPSA) is 75.5 Å². The van der Waals surface area contributed by atoms with Gasteiger partial charge in [-0.3, -0.25) is 14.9 Å². The third-order valence-electron chi connectivity index (χ3n) is 2.29. The van der Waals surface area contributed by atoms with E-state index < -0.39 is 4.92 Å². The zero-order valence-corrected chi connectivity index (χ0v) is 9.77. The molecule has 0 spiro atoms. The molecule has 1 aliphatic rings. The molecule has 2 rings (SSSR count). The standard InChI is InChI=1S/C10H11N3O3S/c14-10-7-12(6-5-11-10)17-9-3-1-8(2-4-9)13(15)16/h1-4H,5-7H2,(H,11,14). The van der Waals surface area contributed by atoms with Gasteiger partial charge in [-0.2, -0.15) is 0 Å². The SMILES string of the molecule is O=C1CN(Sc2ccc([N+](=O)[O-])cc2)CCN1. The predicted molar refractivity (Wildman–Crippen MR) is 63.5 cm³/mol. The maximum Gasteiger partial charge on any atom is 0.269 e. The van der Waals surface area contributed by atoms with E-state index in [1.165, 1.54) is 24.1 Å². The number of carbonyl (C=O) groups excluding carboxylic acids is 1. The summed E-state index contributed by atoms with van der Waals surface area (Å²) in [5.74, 6) is 0.00524. The number of carbonyl (C=O) groups is 1. The molecule has 1 heterocycles. The monoisotopic (exact) mass is 253 g/mol. The molecule has 90 valence electrons. The smallest absolute Gasteiger partial charge is 0.269 e. The van der Waals surface area contributed by atoms with Gasteiger partial charge in [0, 0.05) is 30.1 Å². The van der Waals surface area contributed by atoms with E-state index in [-0.39, 0.29) is 11.6 Å². The first kappa shape index (κ1) is 11.9. The summed E-state index contributed by atoms with van der Waals surface area (Å²) < 4.78 is 1.93. The first-order valence-electron chi connectivity index (χ1n) is 5.09. The van der Waals surface area contributed by atoms with Crippen molar-refractivity contribution >= 4 is 23.5 Å². The minimum absolute atomic E-state index is 0.00524. The summed E-state index contributed by atoms with van der Waals surface area (Å²) in [6.45, 7) is 1.76. The van der Waals surface area contributed by atoms with E-state index in [0.717, 1.165) is 11.4 Å². The molecule has 7 heteroatoms. The molecule has 0 unspecified atom stereocenters. The Morgan fingerprint density at radius 1 is 1.35 bits per heavy atom. The number of nitro groups is 1. The molecule has 1 aliphatic heterocycles. The van der Waals surface area contributed by atoms with Crippen molar-refractivity contribution in [3.8, 4) is 0 Å². The van der Waals surface area contributed by atoms with Crippen LogP contribution in [0.2, 0.25) is 0 Å². The van der Waals surface area contributed by atoms with E-state index in [9.17, 15) is 14.9 Å². The van der Waals surface area contributed by atoms with Crippen LogP contribution in [-0.4, -0.2) is 34.8 Å². The molecule has 0 atom stereocenters. The maximum absolute atomic E-state index is 11.2. The molecule has 0 aliphatic carbocycles. The van der Waals surface area contributed by atoms with Crippen LogP contribution in [0.5, 0.6) is 0 Å². The lowest BCUT2D eigenvalue weighted by molar-refractivity contribution is -0.384. The van der Waals surface area contributed by atoms with Crippen LogP contribution in [0, 0.1) is 10.1 Å². The number of hydrogen-bond acceptors (Lipinski definition) is 5. The van der Waals surface area contributed by atoms with Crippen molar-refractivity contribution in [2.45, 2.75) is 4.90 Å². The fourth-order valence-electron chi connectivity index (χ4n) is 1.47. The average Bonchev–Trinajstić information content (AvgIpc) is 2.29. The van der Waals surface area contributed by atoms with Crippen LogP contribution in [0.1, 0.15) is 0 Å². The Labute approximate surface area is 102 Å². The molecule has 17 heavy (non-hydrogen) atoms. The molecule has 0 aromatic heterocycles. The van der Waals surface area contributed by atoms with Crippen LogP contribution in [0.25, 0.3) is 0 Å². The van der Waals surface area contributed by atoms with Crippen LogP contribution in [0.4, 0.5) is 5.69 Å². The Balaban J connectivity index is 1.98. The summed E-state index contributed by atoms with van der Waals surface area (Å²) in [7, 11) is 0. The molecular formula is C10H11N3O3S. The van der Waals surface area contributed by atoms with Gasteiger partial charge in [0.05, 0.1) is 11.5 Å². The predicted octanol–water partition coefficient (Wildman–Crippen LogP) is 1.03. The number of nitrogens with zero attached hydrogens (tertiary/aromatic N) is 2. The number of nitrogens with one attached hydrogen (secondary N) is 1. The fraction of sp³-hybridized carbons (Fsp3) is 0.300. The van der Waals surface area contributed by atoms with Gasteiger partial charge in [0.2, 0.25) is 5.91 Å². The number of piperazine rings is 1. The summed E-state index contributed by atoms with van der Waals surface area (Å²) in [6.07, 6.45) is 0. The molecule has 1 aromatic carbocycles. The first-order valence-corrected chi connectivity index (χ1v) is 5.86. The molecular weight excluding hydrogens is 242 g/mol. The van der Waals surface area contributed by atoms with Crippen molar-refractivity contribution in [1.82, 2.24) is 9.62 Å². The van der Waals surface area contributed by atoms with Crippen molar-refractivity contribution in [1.29, 1.82) is 0 Å². The lowest BCUT2D eigenvalue weighted by atomic mass is 10.3. The van der Waals surface area contributed by atoms with Gasteiger partial charge in [-0.05, 0) is 24.1 Å². The van der Waals surface area contributed by atoms with Crippen LogP contribution in [-0.2, 0) is 4.79 Å². The van der Waals surface area contributed by atoms with Crippen LogP contribution in [0.15, 0.2) is 29.2 Å². The van der Waals surface area contributed by atoms with Gasteiger partial charge < -0.3 is 5.32 Å². The molecule has 0 bridgehead atoms. The highest BCUT2D eigenvalue weighted by molar-refractivity contribution is 7.97. The second-order valence-electron chi connectivity index (χ2n) is 3.56. The lowest BCUT2D eigenvalue weighted by Gasteiger charge is -2.24. The molecule has 1 fully saturated rings. The summed E-state index contributed by atoms with van der Waals surface area (Å²) in [4.78, 5) is 22.1. The van der Waals surface area contributed by atoms with Crippen molar-refractivity contribution in [2.24, 2.45) is 0 Å². The van der Waals surface area contributed by atoms with Gasteiger partial charge in [0.1, 0.15) is 0 Å². The highest BCUT2D eigenvalue weighted by Crippen LogP contribution is 2.24. The van der Waals surface area contributed by atoms with E-state index >= 15 is 0 Å². The van der Waals surface area contributed by atoms with Crippen molar-refractivity contribution < 1.29 is 9.72 Å². The minimum atomic E-state index is -0.428. The van der Waals surface area contributed by atoms with Crippen molar-refractivity contribution in [3.63, 3.8) is 0 Å². The lowest BCUT2D eigenvalue weighted by Crippen LogP contribution is -2.44. The summed E-state index contributed by atoms with van der Waals surface area (Å²) >= 11 is 1.44. The minimum Gasteiger partial charge on any atom is -0.354 e. The Kier molecular flexibility index (Phi) is 3.60.